The Morgan fingerprint density at radius 2 is 2.15 bits per heavy atom. The summed E-state index contributed by atoms with van der Waals surface area (Å²) in [6.45, 7) is 0. The molecule has 0 spiro atoms. The highest BCUT2D eigenvalue weighted by atomic mass is 127. The van der Waals surface area contributed by atoms with Crippen molar-refractivity contribution in [2.75, 3.05) is 0 Å². The van der Waals surface area contributed by atoms with Crippen molar-refractivity contribution >= 4 is 33.6 Å². The molecule has 0 saturated heterocycles. The quantitative estimate of drug-likeness (QED) is 0.677. The number of fused-ring (bicyclic) bond motifs is 1. The fourth-order valence-electron chi connectivity index (χ4n) is 1.07. The molecule has 0 radical (unpaired) electrons. The fourth-order valence-corrected chi connectivity index (χ4v) is 1.63. The van der Waals surface area contributed by atoms with Gasteiger partial charge >= 0.3 is 0 Å². The van der Waals surface area contributed by atoms with Gasteiger partial charge in [0.25, 0.3) is 5.56 Å². The van der Waals surface area contributed by atoms with Crippen molar-refractivity contribution in [1.82, 2.24) is 14.5 Å². The third-order valence-electron chi connectivity index (χ3n) is 1.76. The molecule has 0 saturated carbocycles. The molecule has 0 atom stereocenters. The molecule has 2 aromatic heterocycles. The van der Waals surface area contributed by atoms with Crippen molar-refractivity contribution in [1.29, 1.82) is 0 Å². The van der Waals surface area contributed by atoms with Crippen molar-refractivity contribution < 1.29 is 0 Å². The summed E-state index contributed by atoms with van der Waals surface area (Å²) >= 11 is 2.14. The van der Waals surface area contributed by atoms with E-state index in [0.29, 0.717) is 11.0 Å². The van der Waals surface area contributed by atoms with Gasteiger partial charge in [-0.05, 0) is 28.7 Å². The van der Waals surface area contributed by atoms with Crippen molar-refractivity contribution in [3.63, 3.8) is 0 Å². The minimum absolute atomic E-state index is 0.108. The standard InChI is InChI=1S/C8H6IN3O/c1-12-4-11-6-5(9)2-3-10-7(6)8(12)13/h2-4H,1H3. The van der Waals surface area contributed by atoms with E-state index in [9.17, 15) is 4.79 Å². The van der Waals surface area contributed by atoms with Crippen molar-refractivity contribution in [2.24, 2.45) is 7.05 Å². The summed E-state index contributed by atoms with van der Waals surface area (Å²) in [6.07, 6.45) is 3.13. The minimum Gasteiger partial charge on any atom is -0.301 e. The Morgan fingerprint density at radius 3 is 2.92 bits per heavy atom. The molecule has 0 aromatic carbocycles. The van der Waals surface area contributed by atoms with E-state index in [-0.39, 0.29) is 5.56 Å². The lowest BCUT2D eigenvalue weighted by Gasteiger charge is -1.99. The van der Waals surface area contributed by atoms with Gasteiger partial charge in [-0.15, -0.1) is 0 Å². The van der Waals surface area contributed by atoms with Crippen LogP contribution in [0.15, 0.2) is 23.4 Å². The maximum Gasteiger partial charge on any atom is 0.279 e. The summed E-state index contributed by atoms with van der Waals surface area (Å²) in [5.74, 6) is 0. The molecule has 2 rings (SSSR count). The van der Waals surface area contributed by atoms with Crippen LogP contribution in [0.3, 0.4) is 0 Å². The summed E-state index contributed by atoms with van der Waals surface area (Å²) in [6, 6.07) is 1.83. The number of aryl methyl sites for hydroxylation is 1. The van der Waals surface area contributed by atoms with E-state index in [2.05, 4.69) is 32.6 Å². The molecule has 0 fully saturated rings. The van der Waals surface area contributed by atoms with Gasteiger partial charge in [0.15, 0.2) is 5.52 Å². The molecule has 0 N–H and O–H groups in total. The van der Waals surface area contributed by atoms with E-state index in [1.54, 1.807) is 13.2 Å². The Kier molecular flexibility index (Phi) is 2.03. The average molecular weight is 287 g/mol. The predicted octanol–water partition coefficient (Wildman–Crippen LogP) is 0.933. The number of pyridine rings is 1. The van der Waals surface area contributed by atoms with Gasteiger partial charge in [-0.25, -0.2) is 9.97 Å². The number of nitrogens with zero attached hydrogens (tertiary/aromatic N) is 3. The van der Waals surface area contributed by atoms with Gasteiger partial charge in [0, 0.05) is 16.8 Å². The lowest BCUT2D eigenvalue weighted by molar-refractivity contribution is 0.838. The second-order valence-electron chi connectivity index (χ2n) is 2.65. The molecule has 13 heavy (non-hydrogen) atoms. The van der Waals surface area contributed by atoms with E-state index >= 15 is 0 Å². The molecule has 0 aliphatic heterocycles. The van der Waals surface area contributed by atoms with E-state index in [0.717, 1.165) is 3.57 Å². The van der Waals surface area contributed by atoms with Gasteiger partial charge in [-0.1, -0.05) is 0 Å². The Bertz CT molecular complexity index is 520. The van der Waals surface area contributed by atoms with Crippen LogP contribution in [0.4, 0.5) is 0 Å². The average Bonchev–Trinajstić information content (AvgIpc) is 2.12. The second-order valence-corrected chi connectivity index (χ2v) is 3.81. The molecule has 4 nitrogen and oxygen atoms in total. The molecule has 0 unspecified atom stereocenters. The number of aromatic nitrogens is 3. The van der Waals surface area contributed by atoms with E-state index in [4.69, 9.17) is 0 Å². The molecule has 5 heteroatoms. The maximum atomic E-state index is 11.5. The van der Waals surface area contributed by atoms with Crippen LogP contribution >= 0.6 is 22.6 Å². The third-order valence-corrected chi connectivity index (χ3v) is 2.63. The first-order valence-electron chi connectivity index (χ1n) is 3.66. The predicted molar refractivity (Wildman–Crippen MR) is 57.5 cm³/mol. The first kappa shape index (κ1) is 8.61. The highest BCUT2D eigenvalue weighted by Crippen LogP contribution is 2.11. The van der Waals surface area contributed by atoms with Crippen LogP contribution in [0.1, 0.15) is 0 Å². The maximum absolute atomic E-state index is 11.5. The van der Waals surface area contributed by atoms with E-state index < -0.39 is 0 Å². The van der Waals surface area contributed by atoms with Crippen molar-refractivity contribution in [2.45, 2.75) is 0 Å². The highest BCUT2D eigenvalue weighted by molar-refractivity contribution is 14.1. The lowest BCUT2D eigenvalue weighted by atomic mass is 10.4. The molecule has 2 aromatic rings. The van der Waals surface area contributed by atoms with Gasteiger partial charge in [0.2, 0.25) is 0 Å². The van der Waals surface area contributed by atoms with Crippen LogP contribution in [0, 0.1) is 3.57 Å². The molecule has 0 aliphatic carbocycles. The molecule has 2 heterocycles. The van der Waals surface area contributed by atoms with Crippen LogP contribution in [0.5, 0.6) is 0 Å². The van der Waals surface area contributed by atoms with E-state index in [1.165, 1.54) is 10.9 Å². The van der Waals surface area contributed by atoms with Gasteiger partial charge in [0.1, 0.15) is 5.52 Å². The smallest absolute Gasteiger partial charge is 0.279 e. The molecule has 0 bridgehead atoms. The highest BCUT2D eigenvalue weighted by Gasteiger charge is 2.04. The molecular formula is C8H6IN3O. The van der Waals surface area contributed by atoms with Crippen LogP contribution in [0.25, 0.3) is 11.0 Å². The number of rotatable bonds is 0. The first-order valence-corrected chi connectivity index (χ1v) is 4.74. The molecule has 0 aliphatic rings. The lowest BCUT2D eigenvalue weighted by Crippen LogP contribution is -2.18. The van der Waals surface area contributed by atoms with Crippen LogP contribution in [-0.4, -0.2) is 14.5 Å². The van der Waals surface area contributed by atoms with Gasteiger partial charge in [-0.3, -0.25) is 4.79 Å². The zero-order chi connectivity index (χ0) is 9.42. The normalized spacial score (nSPS) is 10.6. The topological polar surface area (TPSA) is 47.8 Å². The molecular weight excluding hydrogens is 281 g/mol. The fraction of sp³-hybridized carbons (Fsp3) is 0.125. The van der Waals surface area contributed by atoms with Gasteiger partial charge in [-0.2, -0.15) is 0 Å². The van der Waals surface area contributed by atoms with Crippen molar-refractivity contribution in [3.05, 3.63) is 32.5 Å². The summed E-state index contributed by atoms with van der Waals surface area (Å²) in [5.41, 5.74) is 0.992. The summed E-state index contributed by atoms with van der Waals surface area (Å²) in [5, 5.41) is 0. The van der Waals surface area contributed by atoms with E-state index in [1.807, 2.05) is 6.07 Å². The van der Waals surface area contributed by atoms with Crippen LogP contribution < -0.4 is 5.56 Å². The second kappa shape index (κ2) is 3.06. The Labute approximate surface area is 87.8 Å². The summed E-state index contributed by atoms with van der Waals surface area (Å²) < 4.78 is 2.37. The van der Waals surface area contributed by atoms with Gasteiger partial charge in [0.05, 0.1) is 6.33 Å². The Balaban J connectivity index is 3.03. The van der Waals surface area contributed by atoms with Crippen molar-refractivity contribution in [3.8, 4) is 0 Å². The zero-order valence-electron chi connectivity index (χ0n) is 6.86. The summed E-state index contributed by atoms with van der Waals surface area (Å²) in [4.78, 5) is 19.7. The minimum atomic E-state index is -0.108. The monoisotopic (exact) mass is 287 g/mol. The Morgan fingerprint density at radius 1 is 1.38 bits per heavy atom. The SMILES string of the molecule is Cn1cnc2c(I)ccnc2c1=O. The number of halogens is 1. The number of hydrogen-bond donors (Lipinski definition) is 0. The largest absolute Gasteiger partial charge is 0.301 e. The zero-order valence-corrected chi connectivity index (χ0v) is 9.02. The Hall–Kier alpha value is -0.980. The van der Waals surface area contributed by atoms with Crippen LogP contribution in [0.2, 0.25) is 0 Å². The summed E-state index contributed by atoms with van der Waals surface area (Å²) in [7, 11) is 1.66. The van der Waals surface area contributed by atoms with Crippen LogP contribution in [-0.2, 0) is 7.05 Å². The third kappa shape index (κ3) is 1.32. The number of hydrogen-bond acceptors (Lipinski definition) is 3. The first-order chi connectivity index (χ1) is 6.20. The molecule has 0 amide bonds. The van der Waals surface area contributed by atoms with Gasteiger partial charge < -0.3 is 4.57 Å². The molecule has 66 valence electrons.